The minimum atomic E-state index is 0.0787. The predicted octanol–water partition coefficient (Wildman–Crippen LogP) is 4.67. The Morgan fingerprint density at radius 2 is 1.45 bits per heavy atom. The van der Waals surface area contributed by atoms with Crippen molar-refractivity contribution < 1.29 is 9.53 Å². The zero-order valence-electron chi connectivity index (χ0n) is 13.7. The first-order chi connectivity index (χ1) is 9.47. The highest BCUT2D eigenvalue weighted by molar-refractivity contribution is 5.72. The molecule has 0 aromatic heterocycles. The number of carbonyl (C=O) groups is 1. The molecule has 0 aromatic rings. The fourth-order valence-electron chi connectivity index (χ4n) is 3.89. The van der Waals surface area contributed by atoms with Crippen molar-refractivity contribution >= 4 is 5.97 Å². The minimum absolute atomic E-state index is 0.0787. The van der Waals surface area contributed by atoms with Crippen LogP contribution in [0, 0.1) is 35.5 Å². The summed E-state index contributed by atoms with van der Waals surface area (Å²) in [5, 5.41) is 0. The molecule has 0 aromatic carbocycles. The molecule has 2 aliphatic carbocycles. The number of hydrogen-bond donors (Lipinski definition) is 0. The van der Waals surface area contributed by atoms with Crippen molar-refractivity contribution in [3.63, 3.8) is 0 Å². The summed E-state index contributed by atoms with van der Waals surface area (Å²) in [4.78, 5) is 12.2. The van der Waals surface area contributed by atoms with Crippen molar-refractivity contribution in [3.8, 4) is 0 Å². The number of carbonyl (C=O) groups excluding carboxylic acids is 1. The lowest BCUT2D eigenvalue weighted by Gasteiger charge is -2.33. The number of hydrogen-bond acceptors (Lipinski definition) is 2. The van der Waals surface area contributed by atoms with Gasteiger partial charge in [0.25, 0.3) is 0 Å². The molecule has 2 heteroatoms. The van der Waals surface area contributed by atoms with E-state index in [4.69, 9.17) is 4.74 Å². The molecule has 116 valence electrons. The van der Waals surface area contributed by atoms with Crippen LogP contribution < -0.4 is 0 Å². The maximum Gasteiger partial charge on any atom is 0.308 e. The van der Waals surface area contributed by atoms with Crippen molar-refractivity contribution in [2.75, 3.05) is 6.61 Å². The third kappa shape index (κ3) is 3.99. The Kier molecular flexibility index (Phi) is 5.51. The van der Waals surface area contributed by atoms with Crippen molar-refractivity contribution in [3.05, 3.63) is 0 Å². The zero-order valence-corrected chi connectivity index (χ0v) is 13.7. The molecule has 0 saturated heterocycles. The molecule has 6 unspecified atom stereocenters. The summed E-state index contributed by atoms with van der Waals surface area (Å²) in [7, 11) is 0. The lowest BCUT2D eigenvalue weighted by Crippen LogP contribution is -2.30. The van der Waals surface area contributed by atoms with Crippen molar-refractivity contribution in [1.29, 1.82) is 0 Å². The Bertz CT molecular complexity index is 325. The molecule has 0 bridgehead atoms. The highest BCUT2D eigenvalue weighted by Gasteiger charge is 2.31. The van der Waals surface area contributed by atoms with E-state index in [2.05, 4.69) is 27.7 Å². The van der Waals surface area contributed by atoms with E-state index in [1.165, 1.54) is 25.7 Å². The number of ether oxygens (including phenoxy) is 1. The van der Waals surface area contributed by atoms with Gasteiger partial charge in [0.2, 0.25) is 0 Å². The Labute approximate surface area is 124 Å². The summed E-state index contributed by atoms with van der Waals surface area (Å²) in [6, 6.07) is 0. The second kappa shape index (κ2) is 6.95. The first-order valence-electron chi connectivity index (χ1n) is 8.64. The fourth-order valence-corrected chi connectivity index (χ4v) is 3.89. The summed E-state index contributed by atoms with van der Waals surface area (Å²) in [6.45, 7) is 9.92. The number of rotatable bonds is 3. The van der Waals surface area contributed by atoms with Gasteiger partial charge in [0.15, 0.2) is 0 Å². The van der Waals surface area contributed by atoms with Crippen LogP contribution in [-0.4, -0.2) is 12.6 Å². The largest absolute Gasteiger partial charge is 0.465 e. The van der Waals surface area contributed by atoms with E-state index >= 15 is 0 Å². The van der Waals surface area contributed by atoms with Gasteiger partial charge in [0.1, 0.15) is 0 Å². The van der Waals surface area contributed by atoms with Gasteiger partial charge in [0.05, 0.1) is 12.5 Å². The van der Waals surface area contributed by atoms with Gasteiger partial charge < -0.3 is 4.74 Å². The molecule has 20 heavy (non-hydrogen) atoms. The van der Waals surface area contributed by atoms with Crippen molar-refractivity contribution in [2.24, 2.45) is 35.5 Å². The van der Waals surface area contributed by atoms with Gasteiger partial charge in [0, 0.05) is 0 Å². The number of esters is 1. The van der Waals surface area contributed by atoms with Crippen LogP contribution in [0.2, 0.25) is 0 Å². The Morgan fingerprint density at radius 1 is 0.850 bits per heavy atom. The molecule has 2 nitrogen and oxygen atoms in total. The summed E-state index contributed by atoms with van der Waals surface area (Å²) >= 11 is 0. The summed E-state index contributed by atoms with van der Waals surface area (Å²) in [6.07, 6.45) is 6.99. The molecule has 0 spiro atoms. The molecule has 0 radical (unpaired) electrons. The third-order valence-electron chi connectivity index (χ3n) is 6.10. The molecule has 2 fully saturated rings. The van der Waals surface area contributed by atoms with Gasteiger partial charge in [-0.2, -0.15) is 0 Å². The monoisotopic (exact) mass is 280 g/mol. The van der Waals surface area contributed by atoms with E-state index < -0.39 is 0 Å². The quantitative estimate of drug-likeness (QED) is 0.702. The maximum absolute atomic E-state index is 12.2. The summed E-state index contributed by atoms with van der Waals surface area (Å²) in [5.41, 5.74) is 0. The Balaban J connectivity index is 1.72. The van der Waals surface area contributed by atoms with Crippen LogP contribution >= 0.6 is 0 Å². The molecule has 0 N–H and O–H groups in total. The average molecular weight is 280 g/mol. The van der Waals surface area contributed by atoms with Gasteiger partial charge in [-0.05, 0) is 61.7 Å². The smallest absolute Gasteiger partial charge is 0.308 e. The molecule has 0 amide bonds. The lowest BCUT2D eigenvalue weighted by molar-refractivity contribution is -0.152. The third-order valence-corrected chi connectivity index (χ3v) is 6.10. The van der Waals surface area contributed by atoms with E-state index in [1.54, 1.807) is 0 Å². The molecule has 0 heterocycles. The van der Waals surface area contributed by atoms with Crippen LogP contribution in [0.5, 0.6) is 0 Å². The molecule has 0 aliphatic heterocycles. The van der Waals surface area contributed by atoms with Gasteiger partial charge in [-0.15, -0.1) is 0 Å². The maximum atomic E-state index is 12.2. The Morgan fingerprint density at radius 3 is 2.05 bits per heavy atom. The van der Waals surface area contributed by atoms with E-state index in [0.29, 0.717) is 18.4 Å². The minimum Gasteiger partial charge on any atom is -0.465 e. The van der Waals surface area contributed by atoms with Gasteiger partial charge in [-0.1, -0.05) is 34.1 Å². The first kappa shape index (κ1) is 15.9. The van der Waals surface area contributed by atoms with Crippen molar-refractivity contribution in [1.82, 2.24) is 0 Å². The van der Waals surface area contributed by atoms with E-state index in [-0.39, 0.29) is 11.9 Å². The van der Waals surface area contributed by atoms with Crippen LogP contribution in [0.1, 0.15) is 66.2 Å². The van der Waals surface area contributed by atoms with Crippen LogP contribution in [-0.2, 0) is 9.53 Å². The fraction of sp³-hybridized carbons (Fsp3) is 0.944. The molecule has 2 saturated carbocycles. The van der Waals surface area contributed by atoms with Gasteiger partial charge in [-0.3, -0.25) is 4.79 Å². The normalized spacial score (nSPS) is 42.2. The van der Waals surface area contributed by atoms with Crippen LogP contribution in [0.15, 0.2) is 0 Å². The standard InChI is InChI=1S/C18H32O2/c1-12-5-7-16(9-14(12)3)11-20-18(19)17-8-6-13(2)15(4)10-17/h12-17H,5-11H2,1-4H3. The van der Waals surface area contributed by atoms with E-state index in [0.717, 1.165) is 30.6 Å². The van der Waals surface area contributed by atoms with E-state index in [9.17, 15) is 4.79 Å². The van der Waals surface area contributed by atoms with Crippen molar-refractivity contribution in [2.45, 2.75) is 66.2 Å². The second-order valence-corrected chi connectivity index (χ2v) is 7.73. The predicted molar refractivity (Wildman–Crippen MR) is 82.3 cm³/mol. The summed E-state index contributed by atoms with van der Waals surface area (Å²) in [5.74, 6) is 3.89. The van der Waals surface area contributed by atoms with Crippen LogP contribution in [0.25, 0.3) is 0 Å². The molecule has 2 rings (SSSR count). The highest BCUT2D eigenvalue weighted by atomic mass is 16.5. The van der Waals surface area contributed by atoms with Gasteiger partial charge >= 0.3 is 5.97 Å². The SMILES string of the molecule is CC1CCC(COC(=O)C2CCC(C)C(C)C2)CC1C. The first-order valence-corrected chi connectivity index (χ1v) is 8.64. The van der Waals surface area contributed by atoms with Gasteiger partial charge in [-0.25, -0.2) is 0 Å². The van der Waals surface area contributed by atoms with E-state index in [1.807, 2.05) is 0 Å². The van der Waals surface area contributed by atoms with Crippen LogP contribution in [0.3, 0.4) is 0 Å². The molecular formula is C18H32O2. The molecule has 2 aliphatic rings. The Hall–Kier alpha value is -0.530. The lowest BCUT2D eigenvalue weighted by atomic mass is 9.75. The summed E-state index contributed by atoms with van der Waals surface area (Å²) < 4.78 is 5.65. The highest BCUT2D eigenvalue weighted by Crippen LogP contribution is 2.35. The molecule has 6 atom stereocenters. The van der Waals surface area contributed by atoms with Crippen LogP contribution in [0.4, 0.5) is 0 Å². The average Bonchev–Trinajstić information content (AvgIpc) is 2.43. The topological polar surface area (TPSA) is 26.3 Å². The molecular weight excluding hydrogens is 248 g/mol. The zero-order chi connectivity index (χ0) is 14.7. The second-order valence-electron chi connectivity index (χ2n) is 7.73.